The lowest BCUT2D eigenvalue weighted by atomic mass is 10.0. The van der Waals surface area contributed by atoms with Crippen molar-refractivity contribution in [2.24, 2.45) is 5.92 Å². The third-order valence-electron chi connectivity index (χ3n) is 5.21. The average molecular weight is 374 g/mol. The molecule has 4 aromatic rings. The number of para-hydroxylation sites is 3. The summed E-state index contributed by atoms with van der Waals surface area (Å²) in [4.78, 5) is 23.9. The molecule has 0 radical (unpaired) electrons. The van der Waals surface area contributed by atoms with Gasteiger partial charge in [-0.3, -0.25) is 4.79 Å². The van der Waals surface area contributed by atoms with E-state index in [0.29, 0.717) is 6.42 Å². The fourth-order valence-corrected chi connectivity index (χ4v) is 3.69. The van der Waals surface area contributed by atoms with Gasteiger partial charge in [-0.15, -0.1) is 0 Å². The number of hydrogen-bond acceptors (Lipinski definition) is 2. The summed E-state index contributed by atoms with van der Waals surface area (Å²) < 4.78 is 0. The third-order valence-corrected chi connectivity index (χ3v) is 5.21. The fourth-order valence-electron chi connectivity index (χ4n) is 3.69. The van der Waals surface area contributed by atoms with Crippen LogP contribution in [0.5, 0.6) is 0 Å². The fraction of sp³-hybridized carbons (Fsp3) is 0.304. The number of aryl methyl sites for hydroxylation is 1. The van der Waals surface area contributed by atoms with Gasteiger partial charge in [0.05, 0.1) is 17.1 Å². The Kier molecular flexibility index (Phi) is 5.15. The first kappa shape index (κ1) is 18.3. The SMILES string of the molecule is CC(C)C(NC(=O)CCCc1c[nH]c2ccccc12)c1nc2ccccc2[nH]1. The topological polar surface area (TPSA) is 73.6 Å². The molecule has 0 aliphatic heterocycles. The monoisotopic (exact) mass is 374 g/mol. The zero-order valence-electron chi connectivity index (χ0n) is 16.3. The van der Waals surface area contributed by atoms with E-state index in [1.54, 1.807) is 0 Å². The van der Waals surface area contributed by atoms with Crippen molar-refractivity contribution in [2.45, 2.75) is 39.2 Å². The quantitative estimate of drug-likeness (QED) is 0.431. The summed E-state index contributed by atoms with van der Waals surface area (Å²) in [6.45, 7) is 4.20. The molecule has 0 saturated heterocycles. The molecule has 3 N–H and O–H groups in total. The van der Waals surface area contributed by atoms with Crippen molar-refractivity contribution in [2.75, 3.05) is 0 Å². The summed E-state index contributed by atoms with van der Waals surface area (Å²) in [6.07, 6.45) is 4.25. The van der Waals surface area contributed by atoms with E-state index in [2.05, 4.69) is 46.2 Å². The molecular formula is C23H26N4O. The van der Waals surface area contributed by atoms with Crippen molar-refractivity contribution >= 4 is 27.8 Å². The van der Waals surface area contributed by atoms with Crippen LogP contribution in [0.1, 0.15) is 44.1 Å². The first-order valence-corrected chi connectivity index (χ1v) is 9.91. The number of carbonyl (C=O) groups is 1. The number of rotatable bonds is 7. The van der Waals surface area contributed by atoms with E-state index < -0.39 is 0 Å². The van der Waals surface area contributed by atoms with Crippen molar-refractivity contribution in [3.8, 4) is 0 Å². The second-order valence-corrected chi connectivity index (χ2v) is 7.64. The zero-order valence-corrected chi connectivity index (χ0v) is 16.3. The third kappa shape index (κ3) is 3.79. The smallest absolute Gasteiger partial charge is 0.220 e. The first-order chi connectivity index (χ1) is 13.6. The van der Waals surface area contributed by atoms with Crippen LogP contribution in [0, 0.1) is 5.92 Å². The molecule has 5 nitrogen and oxygen atoms in total. The van der Waals surface area contributed by atoms with Crippen molar-refractivity contribution in [1.82, 2.24) is 20.3 Å². The van der Waals surface area contributed by atoms with E-state index in [0.717, 1.165) is 35.2 Å². The Bertz CT molecular complexity index is 1060. The minimum Gasteiger partial charge on any atom is -0.361 e. The number of nitrogens with one attached hydrogen (secondary N) is 3. The number of hydrogen-bond donors (Lipinski definition) is 3. The summed E-state index contributed by atoms with van der Waals surface area (Å²) in [5.41, 5.74) is 4.33. The Labute approximate surface area is 164 Å². The molecule has 2 aromatic carbocycles. The Balaban J connectivity index is 1.38. The van der Waals surface area contributed by atoms with Crippen LogP contribution in [-0.4, -0.2) is 20.9 Å². The molecule has 0 aliphatic carbocycles. The summed E-state index contributed by atoms with van der Waals surface area (Å²) in [5, 5.41) is 4.41. The van der Waals surface area contributed by atoms with Crippen LogP contribution in [-0.2, 0) is 11.2 Å². The Morgan fingerprint density at radius 1 is 1.07 bits per heavy atom. The second-order valence-electron chi connectivity index (χ2n) is 7.64. The summed E-state index contributed by atoms with van der Waals surface area (Å²) in [5.74, 6) is 1.14. The highest BCUT2D eigenvalue weighted by molar-refractivity contribution is 5.83. The number of H-pyrrole nitrogens is 2. The molecule has 2 aromatic heterocycles. The Morgan fingerprint density at radius 3 is 2.61 bits per heavy atom. The molecule has 28 heavy (non-hydrogen) atoms. The summed E-state index contributed by atoms with van der Waals surface area (Å²) >= 11 is 0. The van der Waals surface area contributed by atoms with Crippen LogP contribution in [0.3, 0.4) is 0 Å². The van der Waals surface area contributed by atoms with E-state index in [-0.39, 0.29) is 17.9 Å². The molecule has 5 heteroatoms. The van der Waals surface area contributed by atoms with Crippen LogP contribution in [0.25, 0.3) is 21.9 Å². The lowest BCUT2D eigenvalue weighted by Crippen LogP contribution is -2.32. The van der Waals surface area contributed by atoms with E-state index in [1.807, 2.05) is 42.6 Å². The van der Waals surface area contributed by atoms with Crippen molar-refractivity contribution in [3.63, 3.8) is 0 Å². The van der Waals surface area contributed by atoms with Crippen molar-refractivity contribution in [3.05, 3.63) is 66.1 Å². The van der Waals surface area contributed by atoms with E-state index in [1.165, 1.54) is 10.9 Å². The molecule has 0 saturated carbocycles. The van der Waals surface area contributed by atoms with Crippen molar-refractivity contribution < 1.29 is 4.79 Å². The highest BCUT2D eigenvalue weighted by Crippen LogP contribution is 2.23. The van der Waals surface area contributed by atoms with Crippen LogP contribution >= 0.6 is 0 Å². The maximum atomic E-state index is 12.6. The lowest BCUT2D eigenvalue weighted by molar-refractivity contribution is -0.122. The Hall–Kier alpha value is -3.08. The van der Waals surface area contributed by atoms with Crippen LogP contribution < -0.4 is 5.32 Å². The van der Waals surface area contributed by atoms with Gasteiger partial charge < -0.3 is 15.3 Å². The number of fused-ring (bicyclic) bond motifs is 2. The largest absolute Gasteiger partial charge is 0.361 e. The Morgan fingerprint density at radius 2 is 1.82 bits per heavy atom. The minimum absolute atomic E-state index is 0.0685. The second kappa shape index (κ2) is 7.89. The van der Waals surface area contributed by atoms with E-state index >= 15 is 0 Å². The number of aromatic nitrogens is 3. The van der Waals surface area contributed by atoms with Gasteiger partial charge in [-0.25, -0.2) is 4.98 Å². The predicted molar refractivity (Wildman–Crippen MR) is 113 cm³/mol. The lowest BCUT2D eigenvalue weighted by Gasteiger charge is -2.20. The maximum Gasteiger partial charge on any atom is 0.220 e. The van der Waals surface area contributed by atoms with Gasteiger partial charge in [-0.2, -0.15) is 0 Å². The van der Waals surface area contributed by atoms with Gasteiger partial charge >= 0.3 is 0 Å². The normalized spacial score (nSPS) is 12.7. The number of imidazole rings is 1. The highest BCUT2D eigenvalue weighted by Gasteiger charge is 2.21. The molecule has 144 valence electrons. The van der Waals surface area contributed by atoms with Crippen molar-refractivity contribution in [1.29, 1.82) is 0 Å². The molecule has 0 aliphatic rings. The molecule has 1 unspecified atom stereocenters. The van der Waals surface area contributed by atoms with Gasteiger partial charge in [0, 0.05) is 23.5 Å². The van der Waals surface area contributed by atoms with Gasteiger partial charge in [0.25, 0.3) is 0 Å². The molecule has 1 atom stereocenters. The number of benzene rings is 2. The maximum absolute atomic E-state index is 12.6. The zero-order chi connectivity index (χ0) is 19.5. The van der Waals surface area contributed by atoms with Gasteiger partial charge in [0.2, 0.25) is 5.91 Å². The predicted octanol–water partition coefficient (Wildman–Crippen LogP) is 4.88. The van der Waals surface area contributed by atoms with Gasteiger partial charge in [0.1, 0.15) is 5.82 Å². The molecule has 1 amide bonds. The van der Waals surface area contributed by atoms with Crippen LogP contribution in [0.15, 0.2) is 54.7 Å². The molecular weight excluding hydrogens is 348 g/mol. The average Bonchev–Trinajstić information content (AvgIpc) is 3.30. The van der Waals surface area contributed by atoms with Gasteiger partial charge in [-0.05, 0) is 42.5 Å². The molecule has 0 spiro atoms. The van der Waals surface area contributed by atoms with Crippen LogP contribution in [0.2, 0.25) is 0 Å². The standard InChI is InChI=1S/C23H26N4O/c1-15(2)22(23-25-19-11-5-6-12-20(19)26-23)27-21(28)13-7-8-16-14-24-18-10-4-3-9-17(16)18/h3-6,9-12,14-15,22,24H,7-8,13H2,1-2H3,(H,25,26)(H,27,28). The van der Waals surface area contributed by atoms with Crippen LogP contribution in [0.4, 0.5) is 0 Å². The van der Waals surface area contributed by atoms with E-state index in [9.17, 15) is 4.79 Å². The summed E-state index contributed by atoms with van der Waals surface area (Å²) in [7, 11) is 0. The molecule has 2 heterocycles. The minimum atomic E-state index is -0.118. The van der Waals surface area contributed by atoms with E-state index in [4.69, 9.17) is 0 Å². The number of carbonyl (C=O) groups excluding carboxylic acids is 1. The number of nitrogens with zero attached hydrogens (tertiary/aromatic N) is 1. The number of amides is 1. The highest BCUT2D eigenvalue weighted by atomic mass is 16.1. The molecule has 0 fully saturated rings. The summed E-state index contributed by atoms with van der Waals surface area (Å²) in [6, 6.07) is 16.1. The number of aromatic amines is 2. The molecule has 4 rings (SSSR count). The van der Waals surface area contributed by atoms with Gasteiger partial charge in [-0.1, -0.05) is 44.2 Å². The van der Waals surface area contributed by atoms with Gasteiger partial charge in [0.15, 0.2) is 0 Å². The molecule has 0 bridgehead atoms. The first-order valence-electron chi connectivity index (χ1n) is 9.91.